The lowest BCUT2D eigenvalue weighted by Crippen LogP contribution is -2.17. The highest BCUT2D eigenvalue weighted by Crippen LogP contribution is 2.35. The first-order valence-corrected chi connectivity index (χ1v) is 9.69. The van der Waals surface area contributed by atoms with Crippen LogP contribution in [0.15, 0.2) is 12.1 Å². The quantitative estimate of drug-likeness (QED) is 0.412. The highest BCUT2D eigenvalue weighted by Gasteiger charge is 2.28. The number of carboxylic acid groups (broad SMARTS) is 2. The summed E-state index contributed by atoms with van der Waals surface area (Å²) in [6.45, 7) is 3.23. The zero-order chi connectivity index (χ0) is 21.3. The van der Waals surface area contributed by atoms with Gasteiger partial charge in [0.25, 0.3) is 0 Å². The van der Waals surface area contributed by atoms with Crippen molar-refractivity contribution >= 4 is 63.7 Å². The summed E-state index contributed by atoms with van der Waals surface area (Å²) >= 11 is 14.5. The second kappa shape index (κ2) is 8.67. The zero-order valence-corrected chi connectivity index (χ0v) is 18.7. The van der Waals surface area contributed by atoms with Crippen molar-refractivity contribution in [1.29, 1.82) is 0 Å². The van der Waals surface area contributed by atoms with Crippen LogP contribution < -0.4 is 0 Å². The summed E-state index contributed by atoms with van der Waals surface area (Å²) in [5.41, 5.74) is 1.02. The molecule has 0 fully saturated rings. The summed E-state index contributed by atoms with van der Waals surface area (Å²) in [7, 11) is 1.20. The van der Waals surface area contributed by atoms with Gasteiger partial charge in [0.2, 0.25) is 0 Å². The molecular weight excluding hydrogens is 522 g/mol. The van der Waals surface area contributed by atoms with E-state index in [2.05, 4.69) is 4.74 Å². The van der Waals surface area contributed by atoms with Gasteiger partial charge in [0, 0.05) is 15.0 Å². The molecule has 0 aromatic heterocycles. The number of hydrogen-bond donors (Lipinski definition) is 2. The van der Waals surface area contributed by atoms with Crippen molar-refractivity contribution in [1.82, 2.24) is 0 Å². The van der Waals surface area contributed by atoms with Crippen molar-refractivity contribution < 1.29 is 29.3 Å². The average Bonchev–Trinajstić information content (AvgIpc) is 2.62. The molecule has 28 heavy (non-hydrogen) atoms. The minimum atomic E-state index is -1.26. The van der Waals surface area contributed by atoms with Crippen LogP contribution in [-0.2, 0) is 11.2 Å². The van der Waals surface area contributed by atoms with Gasteiger partial charge >= 0.3 is 17.9 Å². The monoisotopic (exact) mass is 536 g/mol. The van der Waals surface area contributed by atoms with E-state index in [0.29, 0.717) is 14.7 Å². The molecule has 0 bridgehead atoms. The number of benzene rings is 2. The molecule has 2 rings (SSSR count). The molecule has 0 amide bonds. The Morgan fingerprint density at radius 3 is 1.93 bits per heavy atom. The molecule has 2 N–H and O–H groups in total. The third-order valence-electron chi connectivity index (χ3n) is 4.38. The van der Waals surface area contributed by atoms with Crippen molar-refractivity contribution in [2.75, 3.05) is 7.11 Å². The van der Waals surface area contributed by atoms with Gasteiger partial charge < -0.3 is 14.9 Å². The molecule has 0 saturated carbocycles. The van der Waals surface area contributed by atoms with Crippen molar-refractivity contribution in [3.63, 3.8) is 0 Å². The number of rotatable bonds is 5. The van der Waals surface area contributed by atoms with Gasteiger partial charge in [0.15, 0.2) is 0 Å². The molecule has 0 heterocycles. The molecule has 148 valence electrons. The SMILES string of the molecule is COC(=O)c1ccc(Cl)c(Cc2c(C(=O)O)c(C)c(I)c(C)c2C(=O)O)c1Cl. The first-order chi connectivity index (χ1) is 13.0. The molecule has 0 atom stereocenters. The lowest BCUT2D eigenvalue weighted by Gasteiger charge is -2.19. The van der Waals surface area contributed by atoms with Crippen molar-refractivity contribution in [3.8, 4) is 0 Å². The number of methoxy groups -OCH3 is 1. The summed E-state index contributed by atoms with van der Waals surface area (Å²) < 4.78 is 5.24. The highest BCUT2D eigenvalue weighted by atomic mass is 127. The predicted octanol–water partition coefficient (Wildman–Crippen LogP) is 4.99. The van der Waals surface area contributed by atoms with Gasteiger partial charge in [0.05, 0.1) is 28.8 Å². The van der Waals surface area contributed by atoms with Crippen LogP contribution in [0.3, 0.4) is 0 Å². The molecule has 0 spiro atoms. The van der Waals surface area contributed by atoms with E-state index >= 15 is 0 Å². The predicted molar refractivity (Wildman–Crippen MR) is 113 cm³/mol. The van der Waals surface area contributed by atoms with Gasteiger partial charge in [-0.3, -0.25) is 0 Å². The maximum atomic E-state index is 11.9. The maximum absolute atomic E-state index is 11.9. The van der Waals surface area contributed by atoms with Crippen LogP contribution >= 0.6 is 45.8 Å². The molecule has 2 aromatic rings. The fourth-order valence-electron chi connectivity index (χ4n) is 3.04. The Kier molecular flexibility index (Phi) is 6.95. The van der Waals surface area contributed by atoms with Gasteiger partial charge in [-0.15, -0.1) is 0 Å². The number of aromatic carboxylic acids is 2. The Labute approximate surface area is 184 Å². The molecule has 2 aromatic carbocycles. The van der Waals surface area contributed by atoms with E-state index in [9.17, 15) is 24.6 Å². The van der Waals surface area contributed by atoms with Crippen LogP contribution in [0.4, 0.5) is 0 Å². The molecule has 0 saturated heterocycles. The van der Waals surface area contributed by atoms with Crippen molar-refractivity contribution in [3.05, 3.63) is 64.7 Å². The smallest absolute Gasteiger partial charge is 0.339 e. The van der Waals surface area contributed by atoms with Crippen LogP contribution in [0.5, 0.6) is 0 Å². The summed E-state index contributed by atoms with van der Waals surface area (Å²) in [6.07, 6.45) is -0.176. The lowest BCUT2D eigenvalue weighted by atomic mass is 9.88. The first-order valence-electron chi connectivity index (χ1n) is 7.86. The molecular formula is C19H15Cl2IO6. The van der Waals surface area contributed by atoms with Gasteiger partial charge in [-0.05, 0) is 70.8 Å². The molecule has 0 aliphatic rings. The molecule has 0 unspecified atom stereocenters. The summed E-state index contributed by atoms with van der Waals surface area (Å²) in [6, 6.07) is 2.82. The van der Waals surface area contributed by atoms with Crippen molar-refractivity contribution in [2.24, 2.45) is 0 Å². The fraction of sp³-hybridized carbons (Fsp3) is 0.211. The van der Waals surface area contributed by atoms with E-state index in [0.717, 1.165) is 0 Å². The Bertz CT molecular complexity index is 975. The summed E-state index contributed by atoms with van der Waals surface area (Å²) in [5.74, 6) is -3.21. The third-order valence-corrected chi connectivity index (χ3v) is 6.79. The number of hydrogen-bond acceptors (Lipinski definition) is 4. The van der Waals surface area contributed by atoms with Gasteiger partial charge in [-0.2, -0.15) is 0 Å². The first kappa shape index (κ1) is 22.4. The standard InChI is InChI=1S/C19H15Cl2IO6/c1-7-13(17(23)24)11(14(18(25)26)8(2)16(7)22)6-10-12(20)5-4-9(15(10)21)19(27)28-3/h4-5H,6H2,1-3H3,(H,23,24)(H,25,26). The maximum Gasteiger partial charge on any atom is 0.339 e. The largest absolute Gasteiger partial charge is 0.478 e. The summed E-state index contributed by atoms with van der Waals surface area (Å²) in [5, 5.41) is 19.6. The Morgan fingerprint density at radius 1 is 1.00 bits per heavy atom. The number of esters is 1. The van der Waals surface area contributed by atoms with Crippen LogP contribution in [0, 0.1) is 17.4 Å². The number of carbonyl (C=O) groups excluding carboxylic acids is 1. The lowest BCUT2D eigenvalue weighted by molar-refractivity contribution is 0.0598. The molecule has 0 radical (unpaired) electrons. The normalized spacial score (nSPS) is 10.6. The topological polar surface area (TPSA) is 101 Å². The fourth-order valence-corrected chi connectivity index (χ4v) is 4.16. The molecule has 9 heteroatoms. The molecule has 0 aliphatic carbocycles. The number of carbonyl (C=O) groups is 3. The van der Waals surface area contributed by atoms with E-state index in [1.165, 1.54) is 19.2 Å². The van der Waals surface area contributed by atoms with E-state index in [1.807, 2.05) is 22.6 Å². The molecule has 0 aliphatic heterocycles. The van der Waals surface area contributed by atoms with Gasteiger partial charge in [-0.25, -0.2) is 14.4 Å². The number of carboxylic acids is 2. The second-order valence-corrected chi connectivity index (χ2v) is 7.82. The van der Waals surface area contributed by atoms with Crippen molar-refractivity contribution in [2.45, 2.75) is 20.3 Å². The Morgan fingerprint density at radius 2 is 1.50 bits per heavy atom. The van der Waals surface area contributed by atoms with Crippen LogP contribution in [0.2, 0.25) is 10.0 Å². The Balaban J connectivity index is 2.86. The van der Waals surface area contributed by atoms with Crippen LogP contribution in [-0.4, -0.2) is 35.2 Å². The Hall–Kier alpha value is -1.84. The van der Waals surface area contributed by atoms with Gasteiger partial charge in [0.1, 0.15) is 0 Å². The minimum Gasteiger partial charge on any atom is -0.478 e. The average molecular weight is 537 g/mol. The van der Waals surface area contributed by atoms with Gasteiger partial charge in [-0.1, -0.05) is 23.2 Å². The van der Waals surface area contributed by atoms with E-state index in [4.69, 9.17) is 23.2 Å². The number of halogens is 3. The second-order valence-electron chi connectivity index (χ2n) is 5.96. The highest BCUT2D eigenvalue weighted by molar-refractivity contribution is 14.1. The van der Waals surface area contributed by atoms with E-state index in [-0.39, 0.29) is 44.3 Å². The molecule has 6 nitrogen and oxygen atoms in total. The zero-order valence-electron chi connectivity index (χ0n) is 15.0. The van der Waals surface area contributed by atoms with E-state index in [1.54, 1.807) is 13.8 Å². The van der Waals surface area contributed by atoms with Crippen LogP contribution in [0.1, 0.15) is 53.3 Å². The van der Waals surface area contributed by atoms with E-state index < -0.39 is 17.9 Å². The number of ether oxygens (including phenoxy) is 1. The summed E-state index contributed by atoms with van der Waals surface area (Å²) in [4.78, 5) is 35.8. The third kappa shape index (κ3) is 3.97. The minimum absolute atomic E-state index is 0.0131. The van der Waals surface area contributed by atoms with Crippen LogP contribution in [0.25, 0.3) is 0 Å².